The van der Waals surface area contributed by atoms with E-state index in [4.69, 9.17) is 8.83 Å². The van der Waals surface area contributed by atoms with E-state index in [1.807, 2.05) is 23.5 Å². The number of thiophene rings is 1. The van der Waals surface area contributed by atoms with Crippen LogP contribution in [0.3, 0.4) is 0 Å². The average molecular weight is 606 g/mol. The summed E-state index contributed by atoms with van der Waals surface area (Å²) in [6, 6.07) is 49.8. The third-order valence-corrected chi connectivity index (χ3v) is 10.7. The first-order chi connectivity index (χ1) is 22.8. The third kappa shape index (κ3) is 3.21. The quantitative estimate of drug-likeness (QED) is 0.196. The normalized spacial score (nSPS) is 12.3. The fourth-order valence-corrected chi connectivity index (χ4v) is 8.73. The van der Waals surface area contributed by atoms with Gasteiger partial charge >= 0.3 is 0 Å². The summed E-state index contributed by atoms with van der Waals surface area (Å²) in [6.07, 6.45) is 0. The van der Waals surface area contributed by atoms with Crippen LogP contribution in [0.2, 0.25) is 0 Å². The number of nitrogens with zero attached hydrogens (tertiary/aromatic N) is 1. The number of benzene rings is 7. The van der Waals surface area contributed by atoms with Crippen molar-refractivity contribution in [2.24, 2.45) is 0 Å². The predicted octanol–water partition coefficient (Wildman–Crippen LogP) is 12.6. The summed E-state index contributed by atoms with van der Waals surface area (Å²) in [5, 5.41) is 9.45. The molecule has 0 saturated heterocycles. The van der Waals surface area contributed by atoms with Crippen LogP contribution < -0.4 is 0 Å². The summed E-state index contributed by atoms with van der Waals surface area (Å²) in [7, 11) is 0. The standard InChI is InChI=1S/C42H23NO2S/c1-4-15-34-25(9-1)31-23-38-33(26-10-2-5-16-36(26)44-38)22-35(31)43(34)24-19-20-37-32(21-24)29-14-7-13-28(42(29)45-37)27-12-8-18-40-41(27)30-11-3-6-17-39(30)46-40/h1-23H. The Morgan fingerprint density at radius 3 is 2.09 bits per heavy atom. The Labute approximate surface area is 266 Å². The number of para-hydroxylation sites is 3. The molecule has 0 aliphatic carbocycles. The minimum absolute atomic E-state index is 0.887. The summed E-state index contributed by atoms with van der Waals surface area (Å²) in [4.78, 5) is 0. The van der Waals surface area contributed by atoms with Crippen molar-refractivity contribution < 1.29 is 8.83 Å². The van der Waals surface area contributed by atoms with Crippen LogP contribution in [0, 0.1) is 0 Å². The summed E-state index contributed by atoms with van der Waals surface area (Å²) in [5.41, 5.74) is 9.38. The molecule has 7 aromatic carbocycles. The molecule has 3 nitrogen and oxygen atoms in total. The second-order valence-electron chi connectivity index (χ2n) is 12.1. The molecule has 0 bridgehead atoms. The van der Waals surface area contributed by atoms with Gasteiger partial charge in [-0.1, -0.05) is 84.9 Å². The highest BCUT2D eigenvalue weighted by Crippen LogP contribution is 2.44. The Morgan fingerprint density at radius 1 is 0.413 bits per heavy atom. The molecular weight excluding hydrogens is 583 g/mol. The first kappa shape index (κ1) is 24.5. The maximum Gasteiger partial charge on any atom is 0.143 e. The molecule has 0 spiro atoms. The zero-order chi connectivity index (χ0) is 29.9. The first-order valence-corrected chi connectivity index (χ1v) is 16.3. The van der Waals surface area contributed by atoms with Crippen molar-refractivity contribution >= 4 is 97.2 Å². The van der Waals surface area contributed by atoms with E-state index in [0.717, 1.165) is 60.6 Å². The highest BCUT2D eigenvalue weighted by atomic mass is 32.1. The molecule has 4 heteroatoms. The van der Waals surface area contributed by atoms with E-state index in [9.17, 15) is 0 Å². The molecule has 0 unspecified atom stereocenters. The van der Waals surface area contributed by atoms with Gasteiger partial charge in [-0.15, -0.1) is 11.3 Å². The maximum atomic E-state index is 6.70. The van der Waals surface area contributed by atoms with Gasteiger partial charge in [0.15, 0.2) is 0 Å². The van der Waals surface area contributed by atoms with Crippen molar-refractivity contribution in [1.82, 2.24) is 4.57 Å². The van der Waals surface area contributed by atoms with Crippen LogP contribution in [-0.2, 0) is 0 Å². The molecule has 0 amide bonds. The number of aromatic nitrogens is 1. The molecule has 4 heterocycles. The van der Waals surface area contributed by atoms with Crippen molar-refractivity contribution in [2.75, 3.05) is 0 Å². The molecule has 0 radical (unpaired) electrons. The SMILES string of the molecule is c1ccc2c(c1)oc1cc3c4ccccc4n(-c4ccc5oc6c(-c7cccc8sc9ccccc9c78)cccc6c5c4)c3cc12. The fourth-order valence-electron chi connectivity index (χ4n) is 7.60. The number of fused-ring (bicyclic) bond motifs is 12. The van der Waals surface area contributed by atoms with Gasteiger partial charge < -0.3 is 13.4 Å². The Balaban J connectivity index is 1.18. The number of hydrogen-bond donors (Lipinski definition) is 0. The topological polar surface area (TPSA) is 31.2 Å². The smallest absolute Gasteiger partial charge is 0.143 e. The maximum absolute atomic E-state index is 6.70. The van der Waals surface area contributed by atoms with Crippen molar-refractivity contribution in [3.05, 3.63) is 140 Å². The number of furan rings is 2. The minimum atomic E-state index is 0.887. The van der Waals surface area contributed by atoms with Gasteiger partial charge in [-0.25, -0.2) is 0 Å². The van der Waals surface area contributed by atoms with Gasteiger partial charge in [0.2, 0.25) is 0 Å². The number of hydrogen-bond acceptors (Lipinski definition) is 3. The highest BCUT2D eigenvalue weighted by molar-refractivity contribution is 7.25. The van der Waals surface area contributed by atoms with E-state index in [-0.39, 0.29) is 0 Å². The second-order valence-corrected chi connectivity index (χ2v) is 13.1. The fraction of sp³-hybridized carbons (Fsp3) is 0. The monoisotopic (exact) mass is 605 g/mol. The summed E-state index contributed by atoms with van der Waals surface area (Å²) in [6.45, 7) is 0. The van der Waals surface area contributed by atoms with Gasteiger partial charge in [0.25, 0.3) is 0 Å². The van der Waals surface area contributed by atoms with E-state index < -0.39 is 0 Å². The van der Waals surface area contributed by atoms with Crippen LogP contribution >= 0.6 is 11.3 Å². The summed E-state index contributed by atoms with van der Waals surface area (Å²) >= 11 is 1.85. The first-order valence-electron chi connectivity index (χ1n) is 15.5. The van der Waals surface area contributed by atoms with Gasteiger partial charge in [0.05, 0.1) is 11.0 Å². The molecule has 11 aromatic rings. The molecule has 0 saturated carbocycles. The van der Waals surface area contributed by atoms with E-state index in [1.54, 1.807) is 0 Å². The Bertz CT molecular complexity index is 3040. The van der Waals surface area contributed by atoms with Crippen molar-refractivity contribution in [3.8, 4) is 16.8 Å². The molecule has 214 valence electrons. The van der Waals surface area contributed by atoms with Crippen LogP contribution in [0.25, 0.3) is 103 Å². The highest BCUT2D eigenvalue weighted by Gasteiger charge is 2.19. The Morgan fingerprint density at radius 2 is 1.13 bits per heavy atom. The van der Waals surface area contributed by atoms with Crippen molar-refractivity contribution in [1.29, 1.82) is 0 Å². The van der Waals surface area contributed by atoms with E-state index in [2.05, 4.69) is 132 Å². The molecule has 0 aliphatic heterocycles. The molecule has 0 aliphatic rings. The minimum Gasteiger partial charge on any atom is -0.456 e. The second kappa shape index (κ2) is 8.87. The molecule has 0 fully saturated rings. The van der Waals surface area contributed by atoms with Crippen LogP contribution in [0.1, 0.15) is 0 Å². The van der Waals surface area contributed by atoms with Crippen LogP contribution in [0.4, 0.5) is 0 Å². The summed E-state index contributed by atoms with van der Waals surface area (Å²) < 4.78 is 18.0. The largest absolute Gasteiger partial charge is 0.456 e. The Kier molecular flexibility index (Phi) is 4.72. The van der Waals surface area contributed by atoms with Gasteiger partial charge in [-0.2, -0.15) is 0 Å². The Hall–Kier alpha value is -5.84. The summed E-state index contributed by atoms with van der Waals surface area (Å²) in [5.74, 6) is 0. The molecule has 11 rings (SSSR count). The molecule has 0 atom stereocenters. The van der Waals surface area contributed by atoms with E-state index in [1.165, 1.54) is 42.0 Å². The zero-order valence-corrected chi connectivity index (χ0v) is 25.3. The average Bonchev–Trinajstić information content (AvgIpc) is 3.85. The van der Waals surface area contributed by atoms with Crippen molar-refractivity contribution in [3.63, 3.8) is 0 Å². The predicted molar refractivity (Wildman–Crippen MR) is 194 cm³/mol. The number of rotatable bonds is 2. The molecule has 46 heavy (non-hydrogen) atoms. The lowest BCUT2D eigenvalue weighted by atomic mass is 9.97. The van der Waals surface area contributed by atoms with Gasteiger partial charge in [0, 0.05) is 63.7 Å². The molecule has 4 aromatic heterocycles. The van der Waals surface area contributed by atoms with E-state index in [0.29, 0.717) is 0 Å². The van der Waals surface area contributed by atoms with Crippen molar-refractivity contribution in [2.45, 2.75) is 0 Å². The lowest BCUT2D eigenvalue weighted by molar-refractivity contribution is 0.669. The van der Waals surface area contributed by atoms with E-state index >= 15 is 0 Å². The van der Waals surface area contributed by atoms with Gasteiger partial charge in [-0.3, -0.25) is 0 Å². The third-order valence-electron chi connectivity index (χ3n) is 9.60. The molecular formula is C42H23NO2S. The van der Waals surface area contributed by atoms with Crippen LogP contribution in [0.15, 0.2) is 148 Å². The lowest BCUT2D eigenvalue weighted by Gasteiger charge is -2.08. The van der Waals surface area contributed by atoms with Crippen LogP contribution in [-0.4, -0.2) is 4.57 Å². The lowest BCUT2D eigenvalue weighted by Crippen LogP contribution is -1.93. The van der Waals surface area contributed by atoms with Gasteiger partial charge in [0.1, 0.15) is 22.3 Å². The van der Waals surface area contributed by atoms with Gasteiger partial charge in [-0.05, 0) is 60.2 Å². The zero-order valence-electron chi connectivity index (χ0n) is 24.5. The van der Waals surface area contributed by atoms with Crippen LogP contribution in [0.5, 0.6) is 0 Å². The molecule has 0 N–H and O–H groups in total.